The van der Waals surface area contributed by atoms with Gasteiger partial charge in [0.15, 0.2) is 5.16 Å². The van der Waals surface area contributed by atoms with E-state index in [9.17, 15) is 14.4 Å². The van der Waals surface area contributed by atoms with Crippen LogP contribution in [0, 0.1) is 0 Å². The first-order valence-corrected chi connectivity index (χ1v) is 12.3. The van der Waals surface area contributed by atoms with E-state index in [1.807, 2.05) is 18.2 Å². The van der Waals surface area contributed by atoms with Crippen LogP contribution in [0.25, 0.3) is 10.9 Å². The van der Waals surface area contributed by atoms with Crippen LogP contribution in [0.5, 0.6) is 0 Å². The second-order valence-electron chi connectivity index (χ2n) is 7.87. The molecule has 1 fully saturated rings. The first kappa shape index (κ1) is 24.0. The Labute approximate surface area is 201 Å². The molecule has 0 N–H and O–H groups in total. The van der Waals surface area contributed by atoms with Gasteiger partial charge in [-0.1, -0.05) is 42.1 Å². The van der Waals surface area contributed by atoms with Crippen LogP contribution in [0.2, 0.25) is 0 Å². The van der Waals surface area contributed by atoms with Gasteiger partial charge in [0.05, 0.1) is 35.9 Å². The average Bonchev–Trinajstić information content (AvgIpc) is 3.37. The molecular formula is C25H27N3O5S. The molecule has 1 atom stereocenters. The number of benzene rings is 2. The molecule has 8 nitrogen and oxygen atoms in total. The number of fused-ring (bicyclic) bond motifs is 1. The number of rotatable bonds is 9. The number of esters is 1. The van der Waals surface area contributed by atoms with Gasteiger partial charge in [-0.05, 0) is 44.0 Å². The van der Waals surface area contributed by atoms with E-state index in [1.54, 1.807) is 47.9 Å². The van der Waals surface area contributed by atoms with Crippen LogP contribution < -0.4 is 10.5 Å². The molecule has 178 valence electrons. The Morgan fingerprint density at radius 1 is 1.18 bits per heavy atom. The number of nitrogens with zero attached hydrogens (tertiary/aromatic N) is 3. The fourth-order valence-corrected chi connectivity index (χ4v) is 4.77. The minimum atomic E-state index is -0.483. The maximum atomic E-state index is 13.3. The highest BCUT2D eigenvalue weighted by molar-refractivity contribution is 7.99. The summed E-state index contributed by atoms with van der Waals surface area (Å²) in [7, 11) is 0. The molecule has 1 unspecified atom stereocenters. The van der Waals surface area contributed by atoms with Gasteiger partial charge in [-0.2, -0.15) is 0 Å². The van der Waals surface area contributed by atoms with Crippen molar-refractivity contribution in [1.82, 2.24) is 9.55 Å². The molecule has 0 saturated carbocycles. The van der Waals surface area contributed by atoms with E-state index in [4.69, 9.17) is 9.47 Å². The number of ether oxygens (including phenoxy) is 2. The van der Waals surface area contributed by atoms with E-state index in [0.29, 0.717) is 34.9 Å². The molecule has 1 aliphatic rings. The molecule has 0 bridgehead atoms. The first-order chi connectivity index (χ1) is 16.6. The monoisotopic (exact) mass is 481 g/mol. The van der Waals surface area contributed by atoms with Crippen molar-refractivity contribution in [2.75, 3.05) is 30.4 Å². The lowest BCUT2D eigenvalue weighted by Crippen LogP contribution is -2.38. The highest BCUT2D eigenvalue weighted by Gasteiger charge is 2.23. The Morgan fingerprint density at radius 3 is 2.68 bits per heavy atom. The third kappa shape index (κ3) is 5.66. The van der Waals surface area contributed by atoms with Gasteiger partial charge in [-0.15, -0.1) is 0 Å². The third-order valence-electron chi connectivity index (χ3n) is 5.52. The summed E-state index contributed by atoms with van der Waals surface area (Å²) in [6, 6.07) is 16.2. The molecule has 2 heterocycles. The molecule has 1 aliphatic heterocycles. The topological polar surface area (TPSA) is 90.7 Å². The van der Waals surface area contributed by atoms with Gasteiger partial charge in [-0.25, -0.2) is 4.98 Å². The largest absolute Gasteiger partial charge is 0.465 e. The normalized spacial score (nSPS) is 15.4. The van der Waals surface area contributed by atoms with E-state index in [1.165, 1.54) is 16.7 Å². The van der Waals surface area contributed by atoms with Crippen molar-refractivity contribution in [3.63, 3.8) is 0 Å². The number of thioether (sulfide) groups is 1. The molecule has 9 heteroatoms. The first-order valence-electron chi connectivity index (χ1n) is 11.3. The van der Waals surface area contributed by atoms with E-state index >= 15 is 0 Å². The number of anilines is 1. The number of hydrogen-bond donors (Lipinski definition) is 0. The lowest BCUT2D eigenvalue weighted by molar-refractivity contribution is -0.142. The van der Waals surface area contributed by atoms with Crippen molar-refractivity contribution < 1.29 is 19.1 Å². The van der Waals surface area contributed by atoms with Gasteiger partial charge in [0.1, 0.15) is 6.54 Å². The molecule has 2 aromatic carbocycles. The Morgan fingerprint density at radius 2 is 1.94 bits per heavy atom. The van der Waals surface area contributed by atoms with Gasteiger partial charge >= 0.3 is 5.97 Å². The standard InChI is InChI=1S/C25H27N3O5S/c1-2-32-23(30)16-27(18-9-4-3-5-10-18)22(29)17-34-25-26-21-13-7-6-12-20(21)24(31)28(25)15-19-11-8-14-33-19/h3-7,9-10,12-13,19H,2,8,11,14-17H2,1H3. The number of carbonyl (C=O) groups is 2. The SMILES string of the molecule is CCOC(=O)CN(C(=O)CSc1nc2ccccc2c(=O)n1CC1CCCO1)c1ccccc1. The highest BCUT2D eigenvalue weighted by Crippen LogP contribution is 2.23. The summed E-state index contributed by atoms with van der Waals surface area (Å²) in [5.74, 6) is -0.760. The summed E-state index contributed by atoms with van der Waals surface area (Å²) in [5, 5.41) is 0.987. The van der Waals surface area contributed by atoms with Crippen LogP contribution in [-0.4, -0.2) is 53.0 Å². The van der Waals surface area contributed by atoms with Crippen molar-refractivity contribution in [3.8, 4) is 0 Å². The average molecular weight is 482 g/mol. The number of carbonyl (C=O) groups excluding carboxylic acids is 2. The summed E-state index contributed by atoms with van der Waals surface area (Å²) in [5.41, 5.74) is 1.03. The lowest BCUT2D eigenvalue weighted by Gasteiger charge is -2.22. The molecule has 0 radical (unpaired) electrons. The Hall–Kier alpha value is -3.17. The Bertz CT molecular complexity index is 1210. The minimum absolute atomic E-state index is 0.00457. The van der Waals surface area contributed by atoms with Crippen LogP contribution >= 0.6 is 11.8 Å². The van der Waals surface area contributed by atoms with Gasteiger partial charge < -0.3 is 14.4 Å². The molecule has 1 amide bonds. The molecular weight excluding hydrogens is 454 g/mol. The smallest absolute Gasteiger partial charge is 0.326 e. The summed E-state index contributed by atoms with van der Waals surface area (Å²) in [6.45, 7) is 2.84. The van der Waals surface area contributed by atoms with Crippen molar-refractivity contribution >= 4 is 40.2 Å². The van der Waals surface area contributed by atoms with Crippen molar-refractivity contribution in [2.45, 2.75) is 37.6 Å². The quantitative estimate of drug-likeness (QED) is 0.263. The van der Waals surface area contributed by atoms with Gasteiger partial charge in [-0.3, -0.25) is 19.0 Å². The van der Waals surface area contributed by atoms with Crippen LogP contribution in [0.4, 0.5) is 5.69 Å². The zero-order valence-electron chi connectivity index (χ0n) is 19.0. The van der Waals surface area contributed by atoms with Crippen molar-refractivity contribution in [2.24, 2.45) is 0 Å². The zero-order chi connectivity index (χ0) is 23.9. The molecule has 0 aliphatic carbocycles. The predicted molar refractivity (Wildman–Crippen MR) is 131 cm³/mol. The highest BCUT2D eigenvalue weighted by atomic mass is 32.2. The predicted octanol–water partition coefficient (Wildman–Crippen LogP) is 3.26. The summed E-state index contributed by atoms with van der Waals surface area (Å²) in [4.78, 5) is 44.7. The second kappa shape index (κ2) is 11.3. The Kier molecular flexibility index (Phi) is 7.97. The zero-order valence-corrected chi connectivity index (χ0v) is 19.8. The maximum Gasteiger partial charge on any atom is 0.326 e. The minimum Gasteiger partial charge on any atom is -0.465 e. The van der Waals surface area contributed by atoms with E-state index in [2.05, 4.69) is 4.98 Å². The Balaban J connectivity index is 1.59. The number of para-hydroxylation sites is 2. The number of hydrogen-bond acceptors (Lipinski definition) is 7. The summed E-state index contributed by atoms with van der Waals surface area (Å²) >= 11 is 1.18. The molecule has 1 saturated heterocycles. The van der Waals surface area contributed by atoms with Gasteiger partial charge in [0, 0.05) is 12.3 Å². The van der Waals surface area contributed by atoms with E-state index < -0.39 is 5.97 Å². The fourth-order valence-electron chi connectivity index (χ4n) is 3.88. The van der Waals surface area contributed by atoms with Crippen LogP contribution in [0.15, 0.2) is 64.5 Å². The summed E-state index contributed by atoms with van der Waals surface area (Å²) < 4.78 is 12.4. The molecule has 34 heavy (non-hydrogen) atoms. The molecule has 0 spiro atoms. The lowest BCUT2D eigenvalue weighted by atomic mass is 10.2. The molecule has 4 rings (SSSR count). The molecule has 3 aromatic rings. The summed E-state index contributed by atoms with van der Waals surface area (Å²) in [6.07, 6.45) is 1.78. The number of aromatic nitrogens is 2. The van der Waals surface area contributed by atoms with Gasteiger partial charge in [0.2, 0.25) is 5.91 Å². The van der Waals surface area contributed by atoms with Crippen LogP contribution in [0.3, 0.4) is 0 Å². The van der Waals surface area contributed by atoms with E-state index in [0.717, 1.165) is 12.8 Å². The van der Waals surface area contributed by atoms with Crippen molar-refractivity contribution in [1.29, 1.82) is 0 Å². The fraction of sp³-hybridized carbons (Fsp3) is 0.360. The van der Waals surface area contributed by atoms with E-state index in [-0.39, 0.29) is 36.5 Å². The number of amides is 1. The maximum absolute atomic E-state index is 13.3. The molecule has 1 aromatic heterocycles. The van der Waals surface area contributed by atoms with Crippen LogP contribution in [0.1, 0.15) is 19.8 Å². The van der Waals surface area contributed by atoms with Crippen molar-refractivity contribution in [3.05, 3.63) is 65.0 Å². The van der Waals surface area contributed by atoms with Crippen LogP contribution in [-0.2, 0) is 25.6 Å². The second-order valence-corrected chi connectivity index (χ2v) is 8.81. The van der Waals surface area contributed by atoms with Gasteiger partial charge in [0.25, 0.3) is 5.56 Å². The third-order valence-corrected chi connectivity index (χ3v) is 6.48.